The third-order valence-corrected chi connectivity index (χ3v) is 3.83. The number of rotatable bonds is 5. The van der Waals surface area contributed by atoms with Gasteiger partial charge in [0.05, 0.1) is 12.1 Å². The lowest BCUT2D eigenvalue weighted by molar-refractivity contribution is -0.122. The molecule has 0 unspecified atom stereocenters. The largest absolute Gasteiger partial charge is 0.352 e. The molecule has 0 saturated carbocycles. The molecule has 3 rings (SSSR count). The van der Waals surface area contributed by atoms with Gasteiger partial charge in [-0.2, -0.15) is 0 Å². The molecule has 0 radical (unpaired) electrons. The van der Waals surface area contributed by atoms with Crippen LogP contribution in [0.3, 0.4) is 0 Å². The van der Waals surface area contributed by atoms with Crippen LogP contribution in [0.1, 0.15) is 19.4 Å². The minimum Gasteiger partial charge on any atom is -0.352 e. The van der Waals surface area contributed by atoms with Crippen LogP contribution in [0, 0.1) is 0 Å². The summed E-state index contributed by atoms with van der Waals surface area (Å²) in [6, 6.07) is 6.81. The zero-order valence-electron chi connectivity index (χ0n) is 14.5. The van der Waals surface area contributed by atoms with Crippen LogP contribution in [0.2, 0.25) is 0 Å². The van der Waals surface area contributed by atoms with Gasteiger partial charge in [0, 0.05) is 24.6 Å². The van der Waals surface area contributed by atoms with Crippen LogP contribution in [-0.2, 0) is 17.9 Å². The lowest BCUT2D eigenvalue weighted by atomic mass is 10.2. The monoisotopic (exact) mass is 353 g/mol. The summed E-state index contributed by atoms with van der Waals surface area (Å²) >= 11 is 0. The molecular formula is C18H19N5O3. The SMILES string of the molecule is CC(C)NC(=O)Cn1c(=O)c(=O)n(Cc2ccncc2)c2ncccc21. The fourth-order valence-electron chi connectivity index (χ4n) is 2.73. The van der Waals surface area contributed by atoms with E-state index in [9.17, 15) is 14.4 Å². The molecule has 3 heterocycles. The van der Waals surface area contributed by atoms with Crippen molar-refractivity contribution in [3.05, 3.63) is 69.1 Å². The number of hydrogen-bond acceptors (Lipinski definition) is 5. The smallest absolute Gasteiger partial charge is 0.318 e. The van der Waals surface area contributed by atoms with Crippen molar-refractivity contribution in [3.63, 3.8) is 0 Å². The molecule has 0 saturated heterocycles. The molecule has 3 aromatic heterocycles. The van der Waals surface area contributed by atoms with E-state index in [0.717, 1.165) is 5.56 Å². The standard InChI is InChI=1S/C18H19N5O3/c1-12(2)21-15(24)11-22-14-4-3-7-20-16(14)23(18(26)17(22)25)10-13-5-8-19-9-6-13/h3-9,12H,10-11H2,1-2H3,(H,21,24). The Morgan fingerprint density at radius 3 is 2.46 bits per heavy atom. The molecule has 0 atom stereocenters. The minimum absolute atomic E-state index is 0.0605. The van der Waals surface area contributed by atoms with E-state index in [4.69, 9.17) is 0 Å². The van der Waals surface area contributed by atoms with Crippen molar-refractivity contribution in [1.82, 2.24) is 24.4 Å². The van der Waals surface area contributed by atoms with Gasteiger partial charge < -0.3 is 5.32 Å². The number of fused-ring (bicyclic) bond motifs is 1. The number of amides is 1. The molecule has 0 aliphatic heterocycles. The Morgan fingerprint density at radius 2 is 1.77 bits per heavy atom. The van der Waals surface area contributed by atoms with Gasteiger partial charge >= 0.3 is 11.1 Å². The van der Waals surface area contributed by atoms with Gasteiger partial charge in [-0.25, -0.2) is 4.98 Å². The van der Waals surface area contributed by atoms with E-state index in [0.29, 0.717) is 11.2 Å². The van der Waals surface area contributed by atoms with Gasteiger partial charge in [0.1, 0.15) is 6.54 Å². The highest BCUT2D eigenvalue weighted by Gasteiger charge is 2.16. The molecule has 1 N–H and O–H groups in total. The molecule has 0 bridgehead atoms. The number of pyridine rings is 2. The second-order valence-corrected chi connectivity index (χ2v) is 6.21. The van der Waals surface area contributed by atoms with Gasteiger partial charge in [0.2, 0.25) is 5.91 Å². The van der Waals surface area contributed by atoms with Gasteiger partial charge in [-0.15, -0.1) is 0 Å². The van der Waals surface area contributed by atoms with E-state index >= 15 is 0 Å². The second kappa shape index (κ2) is 7.30. The van der Waals surface area contributed by atoms with Crippen molar-refractivity contribution in [1.29, 1.82) is 0 Å². The van der Waals surface area contributed by atoms with Crippen molar-refractivity contribution >= 4 is 17.1 Å². The molecule has 134 valence electrons. The van der Waals surface area contributed by atoms with Crippen LogP contribution in [0.15, 0.2) is 52.4 Å². The van der Waals surface area contributed by atoms with E-state index in [-0.39, 0.29) is 25.0 Å². The number of hydrogen-bond donors (Lipinski definition) is 1. The Morgan fingerprint density at radius 1 is 1.08 bits per heavy atom. The fourth-order valence-corrected chi connectivity index (χ4v) is 2.73. The average molecular weight is 353 g/mol. The molecule has 0 spiro atoms. The maximum atomic E-state index is 12.7. The summed E-state index contributed by atoms with van der Waals surface area (Å²) in [5.41, 5.74) is 0.142. The van der Waals surface area contributed by atoms with Crippen molar-refractivity contribution < 1.29 is 4.79 Å². The minimum atomic E-state index is -0.751. The molecule has 8 nitrogen and oxygen atoms in total. The zero-order chi connectivity index (χ0) is 18.7. The van der Waals surface area contributed by atoms with Gasteiger partial charge in [0.25, 0.3) is 0 Å². The highest BCUT2D eigenvalue weighted by atomic mass is 16.2. The van der Waals surface area contributed by atoms with Gasteiger partial charge in [0.15, 0.2) is 5.65 Å². The normalized spacial score (nSPS) is 11.0. The Kier molecular flexibility index (Phi) is 4.92. The van der Waals surface area contributed by atoms with Gasteiger partial charge in [-0.05, 0) is 43.7 Å². The molecular weight excluding hydrogens is 334 g/mol. The molecule has 0 fully saturated rings. The van der Waals surface area contributed by atoms with Gasteiger partial charge in [-0.3, -0.25) is 28.5 Å². The molecule has 26 heavy (non-hydrogen) atoms. The third-order valence-electron chi connectivity index (χ3n) is 3.83. The molecule has 0 aliphatic carbocycles. The zero-order valence-corrected chi connectivity index (χ0v) is 14.5. The van der Waals surface area contributed by atoms with E-state index in [2.05, 4.69) is 15.3 Å². The van der Waals surface area contributed by atoms with Crippen molar-refractivity contribution in [2.24, 2.45) is 0 Å². The van der Waals surface area contributed by atoms with Crippen molar-refractivity contribution in [3.8, 4) is 0 Å². The van der Waals surface area contributed by atoms with Crippen LogP contribution < -0.4 is 16.4 Å². The fraction of sp³-hybridized carbons (Fsp3) is 0.278. The summed E-state index contributed by atoms with van der Waals surface area (Å²) in [5.74, 6) is -0.335. The Balaban J connectivity index is 2.13. The third kappa shape index (κ3) is 3.53. The first-order chi connectivity index (χ1) is 12.5. The lowest BCUT2D eigenvalue weighted by Gasteiger charge is -2.15. The first kappa shape index (κ1) is 17.5. The Labute approximate surface area is 149 Å². The number of carbonyl (C=O) groups is 1. The summed E-state index contributed by atoms with van der Waals surface area (Å²) < 4.78 is 2.50. The summed E-state index contributed by atoms with van der Waals surface area (Å²) in [7, 11) is 0. The van der Waals surface area contributed by atoms with Crippen molar-refractivity contribution in [2.45, 2.75) is 33.0 Å². The predicted octanol–water partition coefficient (Wildman–Crippen LogP) is 0.526. The Hall–Kier alpha value is -3.29. The highest BCUT2D eigenvalue weighted by molar-refractivity contribution is 5.79. The maximum absolute atomic E-state index is 12.7. The summed E-state index contributed by atoms with van der Waals surface area (Å²) in [6.45, 7) is 3.62. The second-order valence-electron chi connectivity index (χ2n) is 6.21. The van der Waals surface area contributed by atoms with Crippen molar-refractivity contribution in [2.75, 3.05) is 0 Å². The number of carbonyl (C=O) groups excluding carboxylic acids is 1. The van der Waals surface area contributed by atoms with Gasteiger partial charge in [-0.1, -0.05) is 0 Å². The first-order valence-electron chi connectivity index (χ1n) is 8.24. The summed E-state index contributed by atoms with van der Waals surface area (Å²) in [4.78, 5) is 45.6. The maximum Gasteiger partial charge on any atom is 0.318 e. The summed E-state index contributed by atoms with van der Waals surface area (Å²) in [6.07, 6.45) is 4.79. The number of aromatic nitrogens is 4. The van der Waals surface area contributed by atoms with E-state index in [1.54, 1.807) is 42.9 Å². The van der Waals surface area contributed by atoms with Crippen LogP contribution in [-0.4, -0.2) is 31.1 Å². The summed E-state index contributed by atoms with van der Waals surface area (Å²) in [5, 5.41) is 2.72. The predicted molar refractivity (Wildman–Crippen MR) is 96.9 cm³/mol. The lowest BCUT2D eigenvalue weighted by Crippen LogP contribution is -2.45. The van der Waals surface area contributed by atoms with Crippen LogP contribution in [0.25, 0.3) is 11.2 Å². The van der Waals surface area contributed by atoms with E-state index < -0.39 is 11.1 Å². The first-order valence-corrected chi connectivity index (χ1v) is 8.24. The van der Waals surface area contributed by atoms with Crippen LogP contribution in [0.5, 0.6) is 0 Å². The topological polar surface area (TPSA) is 98.9 Å². The average Bonchev–Trinajstić information content (AvgIpc) is 2.62. The molecule has 3 aromatic rings. The number of nitrogens with zero attached hydrogens (tertiary/aromatic N) is 4. The molecule has 0 aliphatic rings. The van der Waals surface area contributed by atoms with E-state index in [1.807, 2.05) is 13.8 Å². The Bertz CT molecular complexity index is 1050. The van der Waals surface area contributed by atoms with Crippen LogP contribution >= 0.6 is 0 Å². The van der Waals surface area contributed by atoms with Crippen LogP contribution in [0.4, 0.5) is 0 Å². The molecule has 8 heteroatoms. The quantitative estimate of drug-likeness (QED) is 0.675. The highest BCUT2D eigenvalue weighted by Crippen LogP contribution is 2.09. The molecule has 1 amide bonds. The van der Waals surface area contributed by atoms with E-state index in [1.165, 1.54) is 9.13 Å². The molecule has 0 aromatic carbocycles. The number of nitrogens with one attached hydrogen (secondary N) is 1.